The minimum Gasteiger partial charge on any atom is -0.308 e. The maximum atomic E-state index is 11.0. The Morgan fingerprint density at radius 2 is 2.00 bits per heavy atom. The van der Waals surface area contributed by atoms with Crippen molar-refractivity contribution in [2.75, 3.05) is 0 Å². The van der Waals surface area contributed by atoms with E-state index in [1.165, 1.54) is 0 Å². The van der Waals surface area contributed by atoms with Gasteiger partial charge in [-0.25, -0.2) is 0 Å². The largest absolute Gasteiger partial charge is 0.308 e. The van der Waals surface area contributed by atoms with E-state index in [4.69, 9.17) is 0 Å². The lowest BCUT2D eigenvalue weighted by molar-refractivity contribution is -0.386. The van der Waals surface area contributed by atoms with Crippen LogP contribution in [-0.4, -0.2) is 15.9 Å². The van der Waals surface area contributed by atoms with Crippen LogP contribution in [0.1, 0.15) is 37.6 Å². The summed E-state index contributed by atoms with van der Waals surface area (Å²) in [7, 11) is 0. The highest BCUT2D eigenvalue weighted by atomic mass is 16.6. The minimum absolute atomic E-state index is 0.180. The first-order chi connectivity index (χ1) is 8.34. The number of pyridine rings is 1. The van der Waals surface area contributed by atoms with Crippen molar-refractivity contribution in [1.29, 1.82) is 0 Å². The predicted molar refractivity (Wildman–Crippen MR) is 71.5 cm³/mol. The molecule has 0 spiro atoms. The quantitative estimate of drug-likeness (QED) is 0.645. The van der Waals surface area contributed by atoms with Crippen LogP contribution in [0.25, 0.3) is 0 Å². The summed E-state index contributed by atoms with van der Waals surface area (Å²) in [6.45, 7) is 10.4. The van der Waals surface area contributed by atoms with Gasteiger partial charge in [0.05, 0.1) is 10.6 Å². The number of nitrogens with one attached hydrogen (secondary N) is 1. The molecule has 0 bridgehead atoms. The van der Waals surface area contributed by atoms with Gasteiger partial charge in [0.2, 0.25) is 0 Å². The molecule has 100 valence electrons. The van der Waals surface area contributed by atoms with E-state index in [-0.39, 0.29) is 10.6 Å². The van der Waals surface area contributed by atoms with Crippen molar-refractivity contribution in [2.24, 2.45) is 5.92 Å². The van der Waals surface area contributed by atoms with Gasteiger partial charge in [0, 0.05) is 29.9 Å². The number of aryl methyl sites for hydroxylation is 1. The van der Waals surface area contributed by atoms with Crippen LogP contribution in [0, 0.1) is 29.9 Å². The third kappa shape index (κ3) is 3.26. The smallest absolute Gasteiger partial charge is 0.278 e. The lowest BCUT2D eigenvalue weighted by Crippen LogP contribution is -2.30. The third-order valence-electron chi connectivity index (χ3n) is 3.35. The summed E-state index contributed by atoms with van der Waals surface area (Å²) in [6, 6.07) is 0.353. The minimum atomic E-state index is -0.332. The second-order valence-corrected chi connectivity index (χ2v) is 5.03. The molecule has 5 heteroatoms. The van der Waals surface area contributed by atoms with E-state index in [1.807, 2.05) is 0 Å². The highest BCUT2D eigenvalue weighted by Gasteiger charge is 2.18. The molecule has 0 aromatic carbocycles. The van der Waals surface area contributed by atoms with Crippen molar-refractivity contribution in [3.05, 3.63) is 33.1 Å². The second kappa shape index (κ2) is 5.91. The molecule has 0 fully saturated rings. The summed E-state index contributed by atoms with van der Waals surface area (Å²) in [4.78, 5) is 15.0. The molecule has 18 heavy (non-hydrogen) atoms. The standard InChI is InChI=1S/C13H21N3O2/c1-8(2)11(5)14-7-12-10(4)13(16(17)18)9(3)6-15-12/h6,8,11,14H,7H2,1-5H3. The lowest BCUT2D eigenvalue weighted by Gasteiger charge is -2.17. The van der Waals surface area contributed by atoms with Gasteiger partial charge in [0.1, 0.15) is 0 Å². The van der Waals surface area contributed by atoms with Crippen molar-refractivity contribution in [3.63, 3.8) is 0 Å². The monoisotopic (exact) mass is 251 g/mol. The molecule has 1 heterocycles. The van der Waals surface area contributed by atoms with Gasteiger partial charge in [0.25, 0.3) is 5.69 Å². The zero-order valence-electron chi connectivity index (χ0n) is 11.7. The highest BCUT2D eigenvalue weighted by molar-refractivity contribution is 5.47. The Morgan fingerprint density at radius 3 is 2.50 bits per heavy atom. The third-order valence-corrected chi connectivity index (χ3v) is 3.35. The molecule has 0 radical (unpaired) electrons. The van der Waals surface area contributed by atoms with Gasteiger partial charge in [-0.1, -0.05) is 13.8 Å². The summed E-state index contributed by atoms with van der Waals surface area (Å²) in [6.07, 6.45) is 1.57. The van der Waals surface area contributed by atoms with Gasteiger partial charge in [-0.3, -0.25) is 15.1 Å². The van der Waals surface area contributed by atoms with Crippen LogP contribution in [0.4, 0.5) is 5.69 Å². The van der Waals surface area contributed by atoms with Crippen molar-refractivity contribution >= 4 is 5.69 Å². The fourth-order valence-corrected chi connectivity index (χ4v) is 1.72. The van der Waals surface area contributed by atoms with E-state index >= 15 is 0 Å². The zero-order chi connectivity index (χ0) is 13.9. The summed E-state index contributed by atoms with van der Waals surface area (Å²) in [5.41, 5.74) is 2.19. The molecule has 0 saturated heterocycles. The van der Waals surface area contributed by atoms with Crippen LogP contribution in [0.5, 0.6) is 0 Å². The van der Waals surface area contributed by atoms with Gasteiger partial charge >= 0.3 is 0 Å². The van der Waals surface area contributed by atoms with Crippen molar-refractivity contribution in [3.8, 4) is 0 Å². The van der Waals surface area contributed by atoms with E-state index in [1.54, 1.807) is 20.0 Å². The maximum absolute atomic E-state index is 11.0. The van der Waals surface area contributed by atoms with Crippen LogP contribution in [-0.2, 0) is 6.54 Å². The van der Waals surface area contributed by atoms with Crippen LogP contribution in [0.15, 0.2) is 6.20 Å². The van der Waals surface area contributed by atoms with Crippen LogP contribution in [0.3, 0.4) is 0 Å². The summed E-state index contributed by atoms with van der Waals surface area (Å²) in [5, 5.41) is 14.3. The Morgan fingerprint density at radius 1 is 1.39 bits per heavy atom. The van der Waals surface area contributed by atoms with E-state index in [2.05, 4.69) is 31.1 Å². The Bertz CT molecular complexity index is 444. The number of hydrogen-bond acceptors (Lipinski definition) is 4. The van der Waals surface area contributed by atoms with E-state index in [0.29, 0.717) is 29.6 Å². The molecule has 5 nitrogen and oxygen atoms in total. The molecule has 0 aliphatic heterocycles. The highest BCUT2D eigenvalue weighted by Crippen LogP contribution is 2.24. The Labute approximate surface area is 108 Å². The van der Waals surface area contributed by atoms with E-state index in [9.17, 15) is 10.1 Å². The molecule has 0 aliphatic carbocycles. The summed E-state index contributed by atoms with van der Waals surface area (Å²) in [5.74, 6) is 0.519. The molecule has 0 saturated carbocycles. The number of hydrogen-bond donors (Lipinski definition) is 1. The molecule has 0 amide bonds. The molecular weight excluding hydrogens is 230 g/mol. The first kappa shape index (κ1) is 14.6. The number of nitro groups is 1. The van der Waals surface area contributed by atoms with Gasteiger partial charge in [-0.2, -0.15) is 0 Å². The molecule has 1 atom stereocenters. The van der Waals surface area contributed by atoms with Crippen molar-refractivity contribution in [1.82, 2.24) is 10.3 Å². The zero-order valence-corrected chi connectivity index (χ0v) is 11.7. The first-order valence-electron chi connectivity index (χ1n) is 6.17. The Hall–Kier alpha value is -1.49. The predicted octanol–water partition coefficient (Wildman–Crippen LogP) is 2.74. The van der Waals surface area contributed by atoms with Crippen molar-refractivity contribution in [2.45, 2.75) is 47.2 Å². The Kier molecular flexibility index (Phi) is 4.78. The first-order valence-corrected chi connectivity index (χ1v) is 6.17. The SMILES string of the molecule is Cc1cnc(CNC(C)C(C)C)c(C)c1[N+](=O)[O-]. The summed E-state index contributed by atoms with van der Waals surface area (Å²) < 4.78 is 0. The average molecular weight is 251 g/mol. The second-order valence-electron chi connectivity index (χ2n) is 5.03. The normalized spacial score (nSPS) is 12.8. The van der Waals surface area contributed by atoms with E-state index in [0.717, 1.165) is 5.69 Å². The topological polar surface area (TPSA) is 68.1 Å². The molecule has 1 aromatic rings. The number of nitrogens with zero attached hydrogens (tertiary/aromatic N) is 2. The van der Waals surface area contributed by atoms with Crippen molar-refractivity contribution < 1.29 is 4.92 Å². The fraction of sp³-hybridized carbons (Fsp3) is 0.615. The number of aromatic nitrogens is 1. The molecule has 0 aliphatic rings. The Balaban J connectivity index is 2.91. The molecular formula is C13H21N3O2. The lowest BCUT2D eigenvalue weighted by atomic mass is 10.1. The van der Waals surface area contributed by atoms with E-state index < -0.39 is 0 Å². The molecule has 1 N–H and O–H groups in total. The van der Waals surface area contributed by atoms with Crippen LogP contribution < -0.4 is 5.32 Å². The van der Waals surface area contributed by atoms with Gasteiger partial charge in [-0.05, 0) is 26.7 Å². The fourth-order valence-electron chi connectivity index (χ4n) is 1.72. The molecule has 1 rings (SSSR count). The maximum Gasteiger partial charge on any atom is 0.278 e. The number of rotatable bonds is 5. The summed E-state index contributed by atoms with van der Waals surface area (Å²) >= 11 is 0. The average Bonchev–Trinajstić information content (AvgIpc) is 2.27. The molecule has 1 unspecified atom stereocenters. The van der Waals surface area contributed by atoms with Gasteiger partial charge in [-0.15, -0.1) is 0 Å². The van der Waals surface area contributed by atoms with Gasteiger partial charge in [0.15, 0.2) is 0 Å². The molecule has 1 aromatic heterocycles. The van der Waals surface area contributed by atoms with Crippen LogP contribution >= 0.6 is 0 Å². The van der Waals surface area contributed by atoms with Crippen LogP contribution in [0.2, 0.25) is 0 Å². The van der Waals surface area contributed by atoms with Gasteiger partial charge < -0.3 is 5.32 Å².